The molecule has 2 unspecified atom stereocenters. The van der Waals surface area contributed by atoms with Crippen LogP contribution in [0.25, 0.3) is 33.3 Å². The average Bonchev–Trinajstić information content (AvgIpc) is 3.78. The molecule has 0 radical (unpaired) electrons. The van der Waals surface area contributed by atoms with Crippen molar-refractivity contribution in [1.82, 2.24) is 34.2 Å². The van der Waals surface area contributed by atoms with Gasteiger partial charge in [-0.3, -0.25) is 18.8 Å². The fourth-order valence-corrected chi connectivity index (χ4v) is 8.28. The number of nitrogens with one attached hydrogen (secondary N) is 2. The van der Waals surface area contributed by atoms with Crippen molar-refractivity contribution in [1.29, 1.82) is 0 Å². The maximum Gasteiger partial charge on any atom is 0.330 e. The molecular weight excluding hydrogens is 769 g/mol. The number of benzene rings is 2. The molecule has 3 aromatic heterocycles. The molecule has 5 aromatic rings. The van der Waals surface area contributed by atoms with E-state index in [2.05, 4.69) is 27.6 Å². The topological polar surface area (TPSA) is 147 Å². The van der Waals surface area contributed by atoms with Gasteiger partial charge in [0.25, 0.3) is 12.0 Å². The maximum absolute atomic E-state index is 14.0. The lowest BCUT2D eigenvalue weighted by Gasteiger charge is -2.27. The van der Waals surface area contributed by atoms with Crippen molar-refractivity contribution < 1.29 is 23.4 Å². The number of anilines is 2. The molecule has 3 N–H and O–H groups in total. The molecule has 17 heteroatoms. The number of ether oxygens (including phenoxy) is 1. The lowest BCUT2D eigenvalue weighted by Crippen LogP contribution is -2.37. The number of carbonyl (C=O) groups is 1. The summed E-state index contributed by atoms with van der Waals surface area (Å²) in [5.74, 6) is 0.316. The van der Waals surface area contributed by atoms with Crippen molar-refractivity contribution in [2.75, 3.05) is 45.7 Å². The van der Waals surface area contributed by atoms with Crippen LogP contribution in [0.4, 0.5) is 25.1 Å². The molecule has 13 nitrogen and oxygen atoms in total. The van der Waals surface area contributed by atoms with Gasteiger partial charge < -0.3 is 25.4 Å². The molecule has 1 aliphatic heterocycles. The number of hydrogen-bond donors (Lipinski definition) is 3. The van der Waals surface area contributed by atoms with E-state index in [1.54, 1.807) is 36.3 Å². The molecule has 294 valence electrons. The minimum Gasteiger partial charge on any atom is -0.481 e. The Morgan fingerprint density at radius 2 is 1.75 bits per heavy atom. The van der Waals surface area contributed by atoms with Crippen LogP contribution >= 0.6 is 23.2 Å². The van der Waals surface area contributed by atoms with Crippen LogP contribution in [0.2, 0.25) is 10.0 Å². The minimum atomic E-state index is -2.97. The zero-order valence-corrected chi connectivity index (χ0v) is 32.6. The predicted molar refractivity (Wildman–Crippen MR) is 211 cm³/mol. The molecule has 2 amide bonds. The van der Waals surface area contributed by atoms with E-state index < -0.39 is 23.4 Å². The molecule has 56 heavy (non-hydrogen) atoms. The molecule has 1 saturated heterocycles. The number of β-amino-alcohol motifs (C(OH)–C–C–N with tert-alkyl or cyclic N) is 1. The lowest BCUT2D eigenvalue weighted by molar-refractivity contribution is 0.146. The molecule has 0 bridgehead atoms. The first kappa shape index (κ1) is 39.2. The largest absolute Gasteiger partial charge is 0.481 e. The van der Waals surface area contributed by atoms with E-state index in [-0.39, 0.29) is 52.2 Å². The van der Waals surface area contributed by atoms with Crippen LogP contribution in [0.15, 0.2) is 58.1 Å². The third kappa shape index (κ3) is 7.08. The number of carbonyl (C=O) groups excluding carboxylic acids is 1. The third-order valence-corrected chi connectivity index (χ3v) is 11.4. The number of halogens is 4. The number of aliphatic hydroxyl groups is 1. The van der Waals surface area contributed by atoms with E-state index in [0.717, 1.165) is 52.1 Å². The van der Waals surface area contributed by atoms with Crippen molar-refractivity contribution in [3.05, 3.63) is 96.2 Å². The van der Waals surface area contributed by atoms with Gasteiger partial charge in [0.1, 0.15) is 16.9 Å². The SMILES string of the molecule is COc1nc(-c2cccc(-c3cccc(Nc4nc(C(F)F)cc5c4c(=O)n(C)c(=O)n5C)c3Cl)c2Cl)cc2c1C(N(C)CCC1CN(CCO)C(=O)N1)CC2. The molecule has 2 atom stereocenters. The Bertz CT molecular complexity index is 2480. The van der Waals surface area contributed by atoms with Crippen molar-refractivity contribution in [2.45, 2.75) is 37.8 Å². The molecule has 2 aliphatic rings. The second kappa shape index (κ2) is 15.8. The summed E-state index contributed by atoms with van der Waals surface area (Å²) < 4.78 is 35.8. The molecular formula is C39H40Cl2F2N8O5. The van der Waals surface area contributed by atoms with Gasteiger partial charge in [0.05, 0.1) is 40.7 Å². The van der Waals surface area contributed by atoms with E-state index in [0.29, 0.717) is 46.4 Å². The van der Waals surface area contributed by atoms with E-state index in [4.69, 9.17) is 32.9 Å². The summed E-state index contributed by atoms with van der Waals surface area (Å²) >= 11 is 14.1. The van der Waals surface area contributed by atoms with Gasteiger partial charge in [0.2, 0.25) is 5.88 Å². The normalized spacial score (nSPS) is 16.6. The van der Waals surface area contributed by atoms with Crippen LogP contribution in [0.3, 0.4) is 0 Å². The highest BCUT2D eigenvalue weighted by Crippen LogP contribution is 2.45. The van der Waals surface area contributed by atoms with Gasteiger partial charge >= 0.3 is 11.7 Å². The van der Waals surface area contributed by atoms with E-state index in [9.17, 15) is 28.3 Å². The number of aryl methyl sites for hydroxylation is 2. The van der Waals surface area contributed by atoms with Crippen molar-refractivity contribution in [3.63, 3.8) is 0 Å². The van der Waals surface area contributed by atoms with Crippen LogP contribution in [-0.2, 0) is 20.5 Å². The number of rotatable bonds is 12. The summed E-state index contributed by atoms with van der Waals surface area (Å²) in [4.78, 5) is 51.0. The highest BCUT2D eigenvalue weighted by atomic mass is 35.5. The zero-order chi connectivity index (χ0) is 40.0. The fraction of sp³-hybridized carbons (Fsp3) is 0.359. The fourth-order valence-electron chi connectivity index (χ4n) is 7.68. The second-order valence-electron chi connectivity index (χ2n) is 14.0. The summed E-state index contributed by atoms with van der Waals surface area (Å²) in [6.45, 7) is 1.53. The summed E-state index contributed by atoms with van der Waals surface area (Å²) in [6.07, 6.45) is -0.570. The quantitative estimate of drug-likeness (QED) is 0.137. The predicted octanol–water partition coefficient (Wildman–Crippen LogP) is 6.05. The number of urea groups is 1. The second-order valence-corrected chi connectivity index (χ2v) is 14.7. The molecule has 0 saturated carbocycles. The summed E-state index contributed by atoms with van der Waals surface area (Å²) in [5, 5.41) is 15.7. The van der Waals surface area contributed by atoms with Crippen molar-refractivity contribution >= 4 is 51.6 Å². The molecule has 2 aromatic carbocycles. The van der Waals surface area contributed by atoms with E-state index >= 15 is 0 Å². The van der Waals surface area contributed by atoms with Gasteiger partial charge in [-0.15, -0.1) is 0 Å². The summed E-state index contributed by atoms with van der Waals surface area (Å²) in [6, 6.07) is 13.5. The smallest absolute Gasteiger partial charge is 0.330 e. The Morgan fingerprint density at radius 3 is 2.46 bits per heavy atom. The zero-order valence-electron chi connectivity index (χ0n) is 31.1. The summed E-state index contributed by atoms with van der Waals surface area (Å²) in [5.41, 5.74) is 2.72. The molecule has 4 heterocycles. The highest BCUT2D eigenvalue weighted by molar-refractivity contribution is 6.39. The first-order chi connectivity index (χ1) is 26.8. The Balaban J connectivity index is 1.19. The average molecular weight is 810 g/mol. The monoisotopic (exact) mass is 808 g/mol. The van der Waals surface area contributed by atoms with Crippen molar-refractivity contribution in [3.8, 4) is 28.3 Å². The number of amides is 2. The van der Waals surface area contributed by atoms with E-state index in [1.165, 1.54) is 14.1 Å². The number of aliphatic hydroxyl groups excluding tert-OH is 1. The number of pyridine rings is 2. The molecule has 7 rings (SSSR count). The number of methoxy groups -OCH3 is 1. The number of hydrogen-bond acceptors (Lipinski definition) is 9. The van der Waals surface area contributed by atoms with Gasteiger partial charge in [0.15, 0.2) is 0 Å². The van der Waals surface area contributed by atoms with Gasteiger partial charge in [-0.1, -0.05) is 53.5 Å². The Labute approximate surface area is 330 Å². The van der Waals surface area contributed by atoms with Crippen LogP contribution in [0.5, 0.6) is 5.88 Å². The number of aromatic nitrogens is 4. The number of nitrogens with zero attached hydrogens (tertiary/aromatic N) is 6. The van der Waals surface area contributed by atoms with Crippen LogP contribution in [0, 0.1) is 0 Å². The van der Waals surface area contributed by atoms with Gasteiger partial charge in [-0.05, 0) is 50.1 Å². The first-order valence-electron chi connectivity index (χ1n) is 18.0. The van der Waals surface area contributed by atoms with Gasteiger partial charge in [-0.2, -0.15) is 0 Å². The standard InChI is InChI=1S/C39H40Cl2F2N8O5/c1-48(14-13-21-19-51(15-16-52)38(54)44-21)28-12-11-20-17-26(47-36(56-4)30(20)28)24-9-5-7-22(32(24)40)23-8-6-10-25(33(23)41)45-35-31-29(18-27(46-35)34(42)43)49(2)39(55)50(3)37(31)53/h5-10,17-18,21,28,34,52H,11-16,19H2,1-4H3,(H,44,54)(H,45,46). The Morgan fingerprint density at radius 1 is 1.04 bits per heavy atom. The maximum atomic E-state index is 14.0. The van der Waals surface area contributed by atoms with Crippen LogP contribution in [-0.4, -0.2) is 86.5 Å². The molecule has 1 fully saturated rings. The third-order valence-electron chi connectivity index (χ3n) is 10.6. The molecule has 1 aliphatic carbocycles. The molecule has 0 spiro atoms. The van der Waals surface area contributed by atoms with Crippen molar-refractivity contribution in [2.24, 2.45) is 14.1 Å². The Kier molecular flexibility index (Phi) is 11.1. The van der Waals surface area contributed by atoms with Crippen LogP contribution < -0.4 is 26.6 Å². The summed E-state index contributed by atoms with van der Waals surface area (Å²) in [7, 11) is 6.34. The Hall–Kier alpha value is -5.09. The highest BCUT2D eigenvalue weighted by Gasteiger charge is 2.33. The minimum absolute atomic E-state index is 0.00185. The van der Waals surface area contributed by atoms with Gasteiger partial charge in [-0.25, -0.2) is 28.3 Å². The number of fused-ring (bicyclic) bond motifs is 2. The van der Waals surface area contributed by atoms with E-state index in [1.807, 2.05) is 18.2 Å². The van der Waals surface area contributed by atoms with Gasteiger partial charge in [0, 0.05) is 68.1 Å². The first-order valence-corrected chi connectivity index (χ1v) is 18.8. The number of alkyl halides is 2. The van der Waals surface area contributed by atoms with Crippen LogP contribution in [0.1, 0.15) is 42.1 Å². The lowest BCUT2D eigenvalue weighted by atomic mass is 9.99.